The standard InChI is InChI=1S/C14H9NO/c15-9-13-7-6-11(10-16)8-14(13)12-4-2-1-3-5-12/h1-8,10H. The second kappa shape index (κ2) is 4.41. The predicted molar refractivity (Wildman–Crippen MR) is 62.0 cm³/mol. The minimum absolute atomic E-state index is 0.580. The van der Waals surface area contributed by atoms with Crippen molar-refractivity contribution >= 4 is 6.29 Å². The average Bonchev–Trinajstić information content (AvgIpc) is 2.39. The summed E-state index contributed by atoms with van der Waals surface area (Å²) >= 11 is 0. The molecule has 0 radical (unpaired) electrons. The number of aldehydes is 1. The molecule has 2 aromatic carbocycles. The van der Waals surface area contributed by atoms with E-state index >= 15 is 0 Å². The minimum atomic E-state index is 0.580. The van der Waals surface area contributed by atoms with Crippen molar-refractivity contribution in [3.63, 3.8) is 0 Å². The van der Waals surface area contributed by atoms with E-state index in [-0.39, 0.29) is 0 Å². The molecule has 0 aliphatic rings. The molecule has 0 heterocycles. The Morgan fingerprint density at radius 3 is 2.44 bits per heavy atom. The summed E-state index contributed by atoms with van der Waals surface area (Å²) in [6.07, 6.45) is 0.785. The summed E-state index contributed by atoms with van der Waals surface area (Å²) in [6, 6.07) is 16.8. The molecular formula is C14H9NO. The fourth-order valence-electron chi connectivity index (χ4n) is 1.59. The maximum atomic E-state index is 10.7. The van der Waals surface area contributed by atoms with E-state index in [1.54, 1.807) is 18.2 Å². The molecule has 2 rings (SSSR count). The van der Waals surface area contributed by atoms with E-state index < -0.39 is 0 Å². The molecule has 0 saturated heterocycles. The van der Waals surface area contributed by atoms with Gasteiger partial charge in [-0.05, 0) is 17.7 Å². The number of nitrogens with zero attached hydrogens (tertiary/aromatic N) is 1. The van der Waals surface area contributed by atoms with Crippen LogP contribution in [0.15, 0.2) is 48.5 Å². The van der Waals surface area contributed by atoms with Gasteiger partial charge in [0, 0.05) is 11.1 Å². The van der Waals surface area contributed by atoms with Crippen LogP contribution in [0.25, 0.3) is 11.1 Å². The van der Waals surface area contributed by atoms with Gasteiger partial charge in [-0.25, -0.2) is 0 Å². The van der Waals surface area contributed by atoms with Crippen molar-refractivity contribution < 1.29 is 4.79 Å². The van der Waals surface area contributed by atoms with Crippen LogP contribution in [0.3, 0.4) is 0 Å². The Bertz CT molecular complexity index is 553. The highest BCUT2D eigenvalue weighted by molar-refractivity contribution is 5.81. The fraction of sp³-hybridized carbons (Fsp3) is 0. The third kappa shape index (κ3) is 1.84. The van der Waals surface area contributed by atoms with Crippen molar-refractivity contribution in [3.05, 3.63) is 59.7 Å². The molecule has 0 aliphatic carbocycles. The highest BCUT2D eigenvalue weighted by Gasteiger charge is 2.05. The number of carbonyl (C=O) groups excluding carboxylic acids is 1. The smallest absolute Gasteiger partial charge is 0.150 e. The maximum absolute atomic E-state index is 10.7. The summed E-state index contributed by atoms with van der Waals surface area (Å²) in [4.78, 5) is 10.7. The Balaban J connectivity index is 2.63. The number of nitriles is 1. The monoisotopic (exact) mass is 207 g/mol. The molecule has 0 N–H and O–H groups in total. The lowest BCUT2D eigenvalue weighted by atomic mass is 9.98. The first-order valence-electron chi connectivity index (χ1n) is 4.90. The number of hydrogen-bond donors (Lipinski definition) is 0. The lowest BCUT2D eigenvalue weighted by molar-refractivity contribution is 0.112. The van der Waals surface area contributed by atoms with E-state index in [4.69, 9.17) is 5.26 Å². The van der Waals surface area contributed by atoms with Crippen LogP contribution in [0, 0.1) is 11.3 Å². The Morgan fingerprint density at radius 2 is 1.81 bits per heavy atom. The van der Waals surface area contributed by atoms with Crippen molar-refractivity contribution in [2.45, 2.75) is 0 Å². The zero-order valence-electron chi connectivity index (χ0n) is 8.55. The van der Waals surface area contributed by atoms with Gasteiger partial charge in [0.15, 0.2) is 0 Å². The number of carbonyl (C=O) groups is 1. The van der Waals surface area contributed by atoms with Crippen molar-refractivity contribution in [2.24, 2.45) is 0 Å². The molecule has 0 atom stereocenters. The second-order valence-corrected chi connectivity index (χ2v) is 3.40. The molecular weight excluding hydrogens is 198 g/mol. The molecule has 0 amide bonds. The second-order valence-electron chi connectivity index (χ2n) is 3.40. The van der Waals surface area contributed by atoms with Crippen LogP contribution in [0.2, 0.25) is 0 Å². The highest BCUT2D eigenvalue weighted by atomic mass is 16.1. The maximum Gasteiger partial charge on any atom is 0.150 e. The number of benzene rings is 2. The van der Waals surface area contributed by atoms with Crippen LogP contribution in [0.5, 0.6) is 0 Å². The Kier molecular flexibility index (Phi) is 2.79. The van der Waals surface area contributed by atoms with Crippen LogP contribution in [0.1, 0.15) is 15.9 Å². The Hall–Kier alpha value is -2.40. The third-order valence-corrected chi connectivity index (χ3v) is 2.38. The van der Waals surface area contributed by atoms with Crippen molar-refractivity contribution in [1.82, 2.24) is 0 Å². The lowest BCUT2D eigenvalue weighted by Crippen LogP contribution is -1.87. The normalized spacial score (nSPS) is 9.44. The Morgan fingerprint density at radius 1 is 1.06 bits per heavy atom. The van der Waals surface area contributed by atoms with Gasteiger partial charge >= 0.3 is 0 Å². The van der Waals surface area contributed by atoms with Gasteiger partial charge in [-0.3, -0.25) is 4.79 Å². The van der Waals surface area contributed by atoms with Crippen LogP contribution in [0.4, 0.5) is 0 Å². The average molecular weight is 207 g/mol. The third-order valence-electron chi connectivity index (χ3n) is 2.38. The summed E-state index contributed by atoms with van der Waals surface area (Å²) in [5, 5.41) is 9.01. The fourth-order valence-corrected chi connectivity index (χ4v) is 1.59. The van der Waals surface area contributed by atoms with Gasteiger partial charge in [-0.2, -0.15) is 5.26 Å². The van der Waals surface area contributed by atoms with Gasteiger partial charge in [-0.15, -0.1) is 0 Å². The molecule has 0 saturated carbocycles. The molecule has 16 heavy (non-hydrogen) atoms. The van der Waals surface area contributed by atoms with Crippen molar-refractivity contribution in [2.75, 3.05) is 0 Å². The zero-order valence-corrected chi connectivity index (χ0v) is 8.55. The first-order valence-corrected chi connectivity index (χ1v) is 4.90. The van der Waals surface area contributed by atoms with E-state index in [1.165, 1.54) is 0 Å². The molecule has 0 spiro atoms. The molecule has 2 heteroatoms. The molecule has 0 bridgehead atoms. The van der Waals surface area contributed by atoms with Crippen LogP contribution >= 0.6 is 0 Å². The summed E-state index contributed by atoms with van der Waals surface area (Å²) in [5.74, 6) is 0. The van der Waals surface area contributed by atoms with E-state index in [1.807, 2.05) is 30.3 Å². The Labute approximate surface area is 93.8 Å². The minimum Gasteiger partial charge on any atom is -0.298 e. The topological polar surface area (TPSA) is 40.9 Å². The van der Waals surface area contributed by atoms with Gasteiger partial charge in [-0.1, -0.05) is 36.4 Å². The summed E-state index contributed by atoms with van der Waals surface area (Å²) < 4.78 is 0. The lowest BCUT2D eigenvalue weighted by Gasteiger charge is -2.04. The molecule has 2 nitrogen and oxygen atoms in total. The van der Waals surface area contributed by atoms with Crippen molar-refractivity contribution in [3.8, 4) is 17.2 Å². The first-order chi connectivity index (χ1) is 7.85. The van der Waals surface area contributed by atoms with Gasteiger partial charge in [0.1, 0.15) is 6.29 Å². The molecule has 0 aliphatic heterocycles. The van der Waals surface area contributed by atoms with Crippen LogP contribution in [-0.4, -0.2) is 6.29 Å². The quantitative estimate of drug-likeness (QED) is 0.710. The zero-order chi connectivity index (χ0) is 11.4. The van der Waals surface area contributed by atoms with Gasteiger partial charge in [0.25, 0.3) is 0 Å². The van der Waals surface area contributed by atoms with Gasteiger partial charge in [0.05, 0.1) is 11.6 Å². The largest absolute Gasteiger partial charge is 0.298 e. The van der Waals surface area contributed by atoms with E-state index in [0.717, 1.165) is 17.4 Å². The summed E-state index contributed by atoms with van der Waals surface area (Å²) in [7, 11) is 0. The summed E-state index contributed by atoms with van der Waals surface area (Å²) in [5.41, 5.74) is 2.91. The van der Waals surface area contributed by atoms with Crippen molar-refractivity contribution in [1.29, 1.82) is 5.26 Å². The number of hydrogen-bond acceptors (Lipinski definition) is 2. The van der Waals surface area contributed by atoms with E-state index in [0.29, 0.717) is 11.1 Å². The van der Waals surface area contributed by atoms with Gasteiger partial charge < -0.3 is 0 Å². The summed E-state index contributed by atoms with van der Waals surface area (Å²) in [6.45, 7) is 0. The molecule has 0 unspecified atom stereocenters. The van der Waals surface area contributed by atoms with E-state index in [2.05, 4.69) is 6.07 Å². The molecule has 0 fully saturated rings. The molecule has 0 aromatic heterocycles. The number of rotatable bonds is 2. The van der Waals surface area contributed by atoms with E-state index in [9.17, 15) is 4.79 Å². The highest BCUT2D eigenvalue weighted by Crippen LogP contribution is 2.23. The molecule has 76 valence electrons. The SMILES string of the molecule is N#Cc1ccc(C=O)cc1-c1ccccc1. The first kappa shape index (κ1) is 10.1. The van der Waals surface area contributed by atoms with Crippen LogP contribution < -0.4 is 0 Å². The van der Waals surface area contributed by atoms with Crippen LogP contribution in [-0.2, 0) is 0 Å². The van der Waals surface area contributed by atoms with Gasteiger partial charge in [0.2, 0.25) is 0 Å². The predicted octanol–water partition coefficient (Wildman–Crippen LogP) is 3.04. The molecule has 2 aromatic rings.